The van der Waals surface area contributed by atoms with Gasteiger partial charge in [-0.2, -0.15) is 0 Å². The summed E-state index contributed by atoms with van der Waals surface area (Å²) in [7, 11) is 0. The third-order valence-electron chi connectivity index (χ3n) is 4.19. The summed E-state index contributed by atoms with van der Waals surface area (Å²) in [6.45, 7) is 3.29. The Bertz CT molecular complexity index is 371. The van der Waals surface area contributed by atoms with Crippen molar-refractivity contribution in [2.75, 3.05) is 6.61 Å². The average molecular weight is 262 g/mol. The maximum absolute atomic E-state index is 6.13. The van der Waals surface area contributed by atoms with E-state index in [2.05, 4.69) is 31.2 Å². The lowest BCUT2D eigenvalue weighted by atomic mass is 9.89. The number of thioether (sulfide) groups is 1. The summed E-state index contributed by atoms with van der Waals surface area (Å²) < 4.78 is 6.13. The maximum Gasteiger partial charge on any atom is 0.0595 e. The number of hydrogen-bond acceptors (Lipinski definition) is 2. The molecule has 1 nitrogen and oxygen atoms in total. The molecular weight excluding hydrogens is 240 g/mol. The van der Waals surface area contributed by atoms with Gasteiger partial charge in [0.1, 0.15) is 0 Å². The van der Waals surface area contributed by atoms with Gasteiger partial charge in [-0.1, -0.05) is 25.1 Å². The first-order chi connectivity index (χ1) is 8.81. The van der Waals surface area contributed by atoms with Crippen LogP contribution in [0.25, 0.3) is 0 Å². The summed E-state index contributed by atoms with van der Waals surface area (Å²) in [5.41, 5.74) is 1.51. The molecule has 18 heavy (non-hydrogen) atoms. The zero-order valence-electron chi connectivity index (χ0n) is 11.1. The second-order valence-electron chi connectivity index (χ2n) is 5.77. The van der Waals surface area contributed by atoms with Gasteiger partial charge in [-0.05, 0) is 49.7 Å². The van der Waals surface area contributed by atoms with Gasteiger partial charge >= 0.3 is 0 Å². The zero-order valence-corrected chi connectivity index (χ0v) is 11.9. The second-order valence-corrected chi connectivity index (χ2v) is 7.11. The quantitative estimate of drug-likeness (QED) is 0.803. The van der Waals surface area contributed by atoms with E-state index in [1.165, 1.54) is 42.6 Å². The van der Waals surface area contributed by atoms with E-state index in [1.807, 2.05) is 11.8 Å². The van der Waals surface area contributed by atoms with E-state index < -0.39 is 0 Å². The van der Waals surface area contributed by atoms with E-state index in [4.69, 9.17) is 4.74 Å². The molecular formula is C16H22OS. The topological polar surface area (TPSA) is 9.23 Å². The minimum atomic E-state index is 0.533. The SMILES string of the molecule is CC1CCC(OCC2Cc3ccccc3S2)CC1. The molecule has 3 rings (SSSR count). The standard InChI is InChI=1S/C16H22OS/c1-12-6-8-14(9-7-12)17-11-15-10-13-4-2-3-5-16(13)18-15/h2-5,12,14-15H,6-11H2,1H3. The lowest BCUT2D eigenvalue weighted by Crippen LogP contribution is -2.24. The molecule has 0 spiro atoms. The van der Waals surface area contributed by atoms with Crippen LogP contribution in [-0.4, -0.2) is 18.0 Å². The Morgan fingerprint density at radius 2 is 1.94 bits per heavy atom. The van der Waals surface area contributed by atoms with Crippen molar-refractivity contribution in [3.8, 4) is 0 Å². The molecule has 1 aromatic rings. The number of benzene rings is 1. The van der Waals surface area contributed by atoms with Crippen molar-refractivity contribution in [2.24, 2.45) is 5.92 Å². The molecule has 1 aliphatic carbocycles. The predicted octanol–water partition coefficient (Wildman–Crippen LogP) is 4.30. The highest BCUT2D eigenvalue weighted by molar-refractivity contribution is 8.00. The zero-order chi connectivity index (χ0) is 12.4. The van der Waals surface area contributed by atoms with Crippen LogP contribution in [0.15, 0.2) is 29.2 Å². The Labute approximate surface area is 114 Å². The molecule has 0 bridgehead atoms. The largest absolute Gasteiger partial charge is 0.377 e. The summed E-state index contributed by atoms with van der Waals surface area (Å²) in [6.07, 6.45) is 6.96. The van der Waals surface area contributed by atoms with Gasteiger partial charge in [-0.15, -0.1) is 11.8 Å². The number of fused-ring (bicyclic) bond motifs is 1. The van der Waals surface area contributed by atoms with Crippen LogP contribution in [0.1, 0.15) is 38.2 Å². The van der Waals surface area contributed by atoms with Crippen LogP contribution in [0.2, 0.25) is 0 Å². The van der Waals surface area contributed by atoms with E-state index in [1.54, 1.807) is 0 Å². The first-order valence-electron chi connectivity index (χ1n) is 7.17. The molecule has 1 heterocycles. The molecule has 1 saturated carbocycles. The van der Waals surface area contributed by atoms with Crippen LogP contribution in [0, 0.1) is 5.92 Å². The van der Waals surface area contributed by atoms with Gasteiger partial charge in [-0.25, -0.2) is 0 Å². The minimum absolute atomic E-state index is 0.533. The van der Waals surface area contributed by atoms with Crippen molar-refractivity contribution in [3.63, 3.8) is 0 Å². The Morgan fingerprint density at radius 3 is 2.72 bits per heavy atom. The van der Waals surface area contributed by atoms with E-state index in [0.717, 1.165) is 12.5 Å². The number of rotatable bonds is 3. The minimum Gasteiger partial charge on any atom is -0.377 e. The average Bonchev–Trinajstić information content (AvgIpc) is 2.81. The summed E-state index contributed by atoms with van der Waals surface area (Å²) in [5.74, 6) is 0.912. The summed E-state index contributed by atoms with van der Waals surface area (Å²) in [5, 5.41) is 0.641. The second kappa shape index (κ2) is 5.66. The maximum atomic E-state index is 6.13. The lowest BCUT2D eigenvalue weighted by Gasteiger charge is -2.27. The molecule has 1 aliphatic heterocycles. The molecule has 0 amide bonds. The third kappa shape index (κ3) is 2.92. The first-order valence-corrected chi connectivity index (χ1v) is 8.05. The molecule has 1 unspecified atom stereocenters. The Balaban J connectivity index is 1.46. The smallest absolute Gasteiger partial charge is 0.0595 e. The van der Waals surface area contributed by atoms with Gasteiger partial charge in [-0.3, -0.25) is 0 Å². The highest BCUT2D eigenvalue weighted by Gasteiger charge is 2.24. The van der Waals surface area contributed by atoms with E-state index in [0.29, 0.717) is 11.4 Å². The van der Waals surface area contributed by atoms with Crippen molar-refractivity contribution < 1.29 is 4.74 Å². The molecule has 1 atom stereocenters. The van der Waals surface area contributed by atoms with Gasteiger partial charge < -0.3 is 4.74 Å². The summed E-state index contributed by atoms with van der Waals surface area (Å²) >= 11 is 2.00. The molecule has 0 aromatic heterocycles. The highest BCUT2D eigenvalue weighted by Crippen LogP contribution is 2.37. The lowest BCUT2D eigenvalue weighted by molar-refractivity contribution is 0.0210. The molecule has 1 aromatic carbocycles. The van der Waals surface area contributed by atoms with Crippen LogP contribution in [0.5, 0.6) is 0 Å². The van der Waals surface area contributed by atoms with Crippen LogP contribution in [-0.2, 0) is 11.2 Å². The summed E-state index contributed by atoms with van der Waals surface area (Å²) in [4.78, 5) is 1.46. The van der Waals surface area contributed by atoms with Gasteiger partial charge in [0, 0.05) is 10.1 Å². The molecule has 2 heteroatoms. The highest BCUT2D eigenvalue weighted by atomic mass is 32.2. The van der Waals surface area contributed by atoms with Gasteiger partial charge in [0.25, 0.3) is 0 Å². The van der Waals surface area contributed by atoms with Crippen molar-refractivity contribution in [2.45, 2.75) is 55.3 Å². The van der Waals surface area contributed by atoms with Crippen molar-refractivity contribution in [1.29, 1.82) is 0 Å². The third-order valence-corrected chi connectivity index (χ3v) is 5.48. The van der Waals surface area contributed by atoms with Gasteiger partial charge in [0.15, 0.2) is 0 Å². The fraction of sp³-hybridized carbons (Fsp3) is 0.625. The Morgan fingerprint density at radius 1 is 1.17 bits per heavy atom. The normalized spacial score (nSPS) is 31.3. The molecule has 0 radical (unpaired) electrons. The molecule has 1 fully saturated rings. The fourth-order valence-corrected chi connectivity index (χ4v) is 4.21. The molecule has 2 aliphatic rings. The van der Waals surface area contributed by atoms with Gasteiger partial charge in [0.05, 0.1) is 12.7 Å². The first kappa shape index (κ1) is 12.6. The van der Waals surface area contributed by atoms with E-state index >= 15 is 0 Å². The van der Waals surface area contributed by atoms with Crippen LogP contribution in [0.4, 0.5) is 0 Å². The monoisotopic (exact) mass is 262 g/mol. The molecule has 0 N–H and O–H groups in total. The van der Waals surface area contributed by atoms with Crippen LogP contribution in [0.3, 0.4) is 0 Å². The Hall–Kier alpha value is -0.470. The van der Waals surface area contributed by atoms with Crippen molar-refractivity contribution in [3.05, 3.63) is 29.8 Å². The number of ether oxygens (including phenoxy) is 1. The molecule has 98 valence electrons. The van der Waals surface area contributed by atoms with Crippen molar-refractivity contribution >= 4 is 11.8 Å². The van der Waals surface area contributed by atoms with Crippen LogP contribution >= 0.6 is 11.8 Å². The van der Waals surface area contributed by atoms with Crippen molar-refractivity contribution in [1.82, 2.24) is 0 Å². The van der Waals surface area contributed by atoms with Crippen LogP contribution < -0.4 is 0 Å². The van der Waals surface area contributed by atoms with E-state index in [-0.39, 0.29) is 0 Å². The Kier molecular flexibility index (Phi) is 3.95. The van der Waals surface area contributed by atoms with Gasteiger partial charge in [0.2, 0.25) is 0 Å². The number of hydrogen-bond donors (Lipinski definition) is 0. The predicted molar refractivity (Wildman–Crippen MR) is 77.2 cm³/mol. The fourth-order valence-electron chi connectivity index (χ4n) is 2.99. The molecule has 0 saturated heterocycles. The summed E-state index contributed by atoms with van der Waals surface area (Å²) in [6, 6.07) is 8.77. The van der Waals surface area contributed by atoms with E-state index in [9.17, 15) is 0 Å².